The Morgan fingerprint density at radius 2 is 1.79 bits per heavy atom. The fourth-order valence-electron chi connectivity index (χ4n) is 0.816. The molecular weight excluding hydrogens is 168 g/mol. The van der Waals surface area contributed by atoms with Gasteiger partial charge in [0.25, 0.3) is 0 Å². The van der Waals surface area contributed by atoms with E-state index in [1.54, 1.807) is 0 Å². The highest BCUT2D eigenvalue weighted by Crippen LogP contribution is 1.97. The maximum absolute atomic E-state index is 3.90. The molecule has 0 heterocycles. The predicted molar refractivity (Wildman–Crippen MR) is 66.3 cm³/mol. The van der Waals surface area contributed by atoms with Crippen molar-refractivity contribution in [1.82, 2.24) is 0 Å². The molecule has 0 aliphatic heterocycles. The fourth-order valence-corrected chi connectivity index (χ4v) is 0.816. The van der Waals surface area contributed by atoms with Gasteiger partial charge in [-0.25, -0.2) is 0 Å². The summed E-state index contributed by atoms with van der Waals surface area (Å²) in [7, 11) is 0. The summed E-state index contributed by atoms with van der Waals surface area (Å²) in [6.45, 7) is 10.2. The number of hydrogen-bond donors (Lipinski definition) is 0. The Morgan fingerprint density at radius 1 is 1.07 bits per heavy atom. The smallest absolute Gasteiger partial charge is 0.0332 e. The first-order valence-electron chi connectivity index (χ1n) is 5.00. The summed E-state index contributed by atoms with van der Waals surface area (Å²) >= 11 is 0. The molecule has 0 N–H and O–H groups in total. The minimum Gasteiger partial charge on any atom is -0.0918 e. The van der Waals surface area contributed by atoms with Gasteiger partial charge in [-0.1, -0.05) is 61.6 Å². The highest BCUT2D eigenvalue weighted by molar-refractivity contribution is 5.30. The average molecular weight is 188 g/mol. The van der Waals surface area contributed by atoms with Crippen LogP contribution in [0, 0.1) is 0 Å². The summed E-state index contributed by atoms with van der Waals surface area (Å²) < 4.78 is 0. The van der Waals surface area contributed by atoms with Crippen LogP contribution in [0.3, 0.4) is 0 Å². The van der Waals surface area contributed by atoms with Crippen molar-refractivity contribution >= 4 is 0 Å². The van der Waals surface area contributed by atoms with Gasteiger partial charge in [0, 0.05) is 0 Å². The second-order valence-electron chi connectivity index (χ2n) is 3.37. The standard InChI is InChI=1S/C14H20/c1-5-6-11-14(4)12-9-7-8-10-13(2)3/h6-12H,4-5H2,1-3H3/b8-7-,11-6-,12-9-. The summed E-state index contributed by atoms with van der Waals surface area (Å²) in [6.07, 6.45) is 15.3. The van der Waals surface area contributed by atoms with E-state index in [1.807, 2.05) is 30.4 Å². The van der Waals surface area contributed by atoms with Gasteiger partial charge in [0.1, 0.15) is 0 Å². The quantitative estimate of drug-likeness (QED) is 0.554. The molecule has 0 rings (SSSR count). The van der Waals surface area contributed by atoms with Crippen molar-refractivity contribution in [3.05, 3.63) is 60.3 Å². The SMILES string of the molecule is C=C(/C=C\C=C/C=C(C)C)/C=C\CC. The molecule has 0 bridgehead atoms. The van der Waals surface area contributed by atoms with E-state index >= 15 is 0 Å². The van der Waals surface area contributed by atoms with E-state index < -0.39 is 0 Å². The third-order valence-electron chi connectivity index (χ3n) is 1.53. The molecule has 0 atom stereocenters. The zero-order chi connectivity index (χ0) is 10.8. The molecule has 0 fully saturated rings. The third kappa shape index (κ3) is 8.79. The Morgan fingerprint density at radius 3 is 2.36 bits per heavy atom. The van der Waals surface area contributed by atoms with Crippen molar-refractivity contribution in [3.8, 4) is 0 Å². The maximum atomic E-state index is 3.90. The summed E-state index contributed by atoms with van der Waals surface area (Å²) in [5.41, 5.74) is 2.34. The molecule has 0 amide bonds. The molecular formula is C14H20. The molecule has 0 unspecified atom stereocenters. The molecule has 14 heavy (non-hydrogen) atoms. The highest BCUT2D eigenvalue weighted by atomic mass is 13.8. The van der Waals surface area contributed by atoms with Gasteiger partial charge in [-0.2, -0.15) is 0 Å². The zero-order valence-electron chi connectivity index (χ0n) is 9.46. The largest absolute Gasteiger partial charge is 0.0918 e. The van der Waals surface area contributed by atoms with Crippen molar-refractivity contribution in [1.29, 1.82) is 0 Å². The third-order valence-corrected chi connectivity index (χ3v) is 1.53. The Kier molecular flexibility index (Phi) is 7.53. The Labute approximate surface area is 88.0 Å². The van der Waals surface area contributed by atoms with Crippen LogP contribution in [0.2, 0.25) is 0 Å². The number of hydrogen-bond acceptors (Lipinski definition) is 0. The van der Waals surface area contributed by atoms with Crippen LogP contribution in [-0.4, -0.2) is 0 Å². The maximum Gasteiger partial charge on any atom is -0.0332 e. The Hall–Kier alpha value is -1.30. The monoisotopic (exact) mass is 188 g/mol. The Balaban J connectivity index is 3.95. The van der Waals surface area contributed by atoms with Crippen molar-refractivity contribution in [2.24, 2.45) is 0 Å². The Bertz CT molecular complexity index is 268. The van der Waals surface area contributed by atoms with Crippen molar-refractivity contribution in [2.75, 3.05) is 0 Å². The van der Waals surface area contributed by atoms with Gasteiger partial charge in [0.05, 0.1) is 0 Å². The molecule has 0 saturated heterocycles. The van der Waals surface area contributed by atoms with Crippen molar-refractivity contribution < 1.29 is 0 Å². The van der Waals surface area contributed by atoms with Crippen LogP contribution in [0.1, 0.15) is 27.2 Å². The van der Waals surface area contributed by atoms with Crippen LogP contribution >= 0.6 is 0 Å². The molecule has 0 aromatic heterocycles. The first kappa shape index (κ1) is 12.7. The molecule has 0 aromatic rings. The molecule has 0 aromatic carbocycles. The van der Waals surface area contributed by atoms with Crippen molar-refractivity contribution in [2.45, 2.75) is 27.2 Å². The van der Waals surface area contributed by atoms with E-state index in [-0.39, 0.29) is 0 Å². The second kappa shape index (κ2) is 8.31. The van der Waals surface area contributed by atoms with E-state index in [9.17, 15) is 0 Å². The van der Waals surface area contributed by atoms with E-state index in [0.29, 0.717) is 0 Å². The first-order valence-corrected chi connectivity index (χ1v) is 5.00. The summed E-state index contributed by atoms with van der Waals surface area (Å²) in [5, 5.41) is 0. The van der Waals surface area contributed by atoms with Crippen LogP contribution in [0.25, 0.3) is 0 Å². The lowest BCUT2D eigenvalue weighted by Crippen LogP contribution is -1.65. The lowest BCUT2D eigenvalue weighted by Gasteiger charge is -1.86. The average Bonchev–Trinajstić information content (AvgIpc) is 2.13. The molecule has 76 valence electrons. The van der Waals surface area contributed by atoms with Crippen LogP contribution < -0.4 is 0 Å². The topological polar surface area (TPSA) is 0 Å². The first-order chi connectivity index (χ1) is 6.66. The van der Waals surface area contributed by atoms with Crippen LogP contribution in [0.5, 0.6) is 0 Å². The predicted octanol–water partition coefficient (Wildman–Crippen LogP) is 4.59. The van der Waals surface area contributed by atoms with Gasteiger partial charge < -0.3 is 0 Å². The summed E-state index contributed by atoms with van der Waals surface area (Å²) in [4.78, 5) is 0. The van der Waals surface area contributed by atoms with Crippen LogP contribution in [0.15, 0.2) is 60.3 Å². The van der Waals surface area contributed by atoms with E-state index in [2.05, 4.69) is 39.5 Å². The minimum atomic E-state index is 1.04. The van der Waals surface area contributed by atoms with E-state index in [0.717, 1.165) is 12.0 Å². The normalized spacial score (nSPS) is 11.6. The number of rotatable bonds is 5. The molecule has 0 spiro atoms. The molecule has 0 aliphatic carbocycles. The molecule has 0 heteroatoms. The second-order valence-corrected chi connectivity index (χ2v) is 3.37. The summed E-state index contributed by atoms with van der Waals surface area (Å²) in [5.74, 6) is 0. The lowest BCUT2D eigenvalue weighted by atomic mass is 10.2. The van der Waals surface area contributed by atoms with E-state index in [1.165, 1.54) is 5.57 Å². The number of allylic oxidation sites excluding steroid dienone is 9. The molecule has 0 nitrogen and oxygen atoms in total. The lowest BCUT2D eigenvalue weighted by molar-refractivity contribution is 1.22. The zero-order valence-corrected chi connectivity index (χ0v) is 9.46. The van der Waals surface area contributed by atoms with Gasteiger partial charge in [0.2, 0.25) is 0 Å². The van der Waals surface area contributed by atoms with Crippen LogP contribution in [0.4, 0.5) is 0 Å². The van der Waals surface area contributed by atoms with Crippen LogP contribution in [-0.2, 0) is 0 Å². The van der Waals surface area contributed by atoms with Gasteiger partial charge in [-0.05, 0) is 25.8 Å². The van der Waals surface area contributed by atoms with Gasteiger partial charge in [0.15, 0.2) is 0 Å². The van der Waals surface area contributed by atoms with E-state index in [4.69, 9.17) is 0 Å². The minimum absolute atomic E-state index is 1.04. The van der Waals surface area contributed by atoms with Gasteiger partial charge >= 0.3 is 0 Å². The fraction of sp³-hybridized carbons (Fsp3) is 0.286. The summed E-state index contributed by atoms with van der Waals surface area (Å²) in [6, 6.07) is 0. The molecule has 0 saturated carbocycles. The van der Waals surface area contributed by atoms with Gasteiger partial charge in [-0.3, -0.25) is 0 Å². The van der Waals surface area contributed by atoms with Gasteiger partial charge in [-0.15, -0.1) is 0 Å². The highest BCUT2D eigenvalue weighted by Gasteiger charge is 1.76. The van der Waals surface area contributed by atoms with Crippen molar-refractivity contribution in [3.63, 3.8) is 0 Å². The molecule has 0 radical (unpaired) electrons. The molecule has 0 aliphatic rings.